The second-order valence-corrected chi connectivity index (χ2v) is 5.35. The van der Waals surface area contributed by atoms with E-state index in [0.29, 0.717) is 11.8 Å². The van der Waals surface area contributed by atoms with Crippen molar-refractivity contribution in [3.63, 3.8) is 0 Å². The van der Waals surface area contributed by atoms with Gasteiger partial charge in [-0.15, -0.1) is 0 Å². The molecule has 1 aliphatic rings. The van der Waals surface area contributed by atoms with Crippen molar-refractivity contribution in [2.24, 2.45) is 11.7 Å². The molecule has 98 valence electrons. The van der Waals surface area contributed by atoms with Gasteiger partial charge >= 0.3 is 0 Å². The van der Waals surface area contributed by atoms with Crippen LogP contribution in [0.1, 0.15) is 24.8 Å². The van der Waals surface area contributed by atoms with E-state index in [-0.39, 0.29) is 6.04 Å². The number of ether oxygens (including phenoxy) is 1. The maximum Gasteiger partial charge on any atom is 0.127 e. The molecule has 19 heavy (non-hydrogen) atoms. The molecule has 3 atom stereocenters. The van der Waals surface area contributed by atoms with Gasteiger partial charge in [-0.3, -0.25) is 0 Å². The smallest absolute Gasteiger partial charge is 0.127 e. The van der Waals surface area contributed by atoms with E-state index >= 15 is 0 Å². The number of rotatable bonds is 4. The molecule has 0 spiro atoms. The largest absolute Gasteiger partial charge is 0.457 e. The molecule has 0 heterocycles. The van der Waals surface area contributed by atoms with Crippen molar-refractivity contribution in [2.45, 2.75) is 25.3 Å². The molecule has 2 heteroatoms. The van der Waals surface area contributed by atoms with Gasteiger partial charge in [-0.25, -0.2) is 0 Å². The molecule has 1 fully saturated rings. The summed E-state index contributed by atoms with van der Waals surface area (Å²) in [7, 11) is 0. The third-order valence-electron chi connectivity index (χ3n) is 3.78. The zero-order valence-electron chi connectivity index (χ0n) is 11.1. The summed E-state index contributed by atoms with van der Waals surface area (Å²) in [6.45, 7) is 2.09. The molecular weight excluding hydrogens is 234 g/mol. The number of hydrogen-bond donors (Lipinski definition) is 1. The molecule has 0 amide bonds. The number of para-hydroxylation sites is 1. The minimum Gasteiger partial charge on any atom is -0.457 e. The lowest BCUT2D eigenvalue weighted by Gasteiger charge is -2.08. The fourth-order valence-electron chi connectivity index (χ4n) is 2.61. The van der Waals surface area contributed by atoms with E-state index in [0.717, 1.165) is 11.5 Å². The van der Waals surface area contributed by atoms with E-state index in [1.165, 1.54) is 12.0 Å². The first-order chi connectivity index (χ1) is 9.24. The van der Waals surface area contributed by atoms with Crippen LogP contribution in [0.25, 0.3) is 0 Å². The van der Waals surface area contributed by atoms with Gasteiger partial charge in [-0.05, 0) is 55.0 Å². The van der Waals surface area contributed by atoms with Gasteiger partial charge in [-0.1, -0.05) is 30.3 Å². The third kappa shape index (κ3) is 2.79. The van der Waals surface area contributed by atoms with E-state index in [1.54, 1.807) is 0 Å². The lowest BCUT2D eigenvalue weighted by atomic mass is 10.1. The Morgan fingerprint density at radius 2 is 1.79 bits per heavy atom. The molecule has 0 radical (unpaired) electrons. The Hall–Kier alpha value is -1.80. The van der Waals surface area contributed by atoms with Crippen LogP contribution in [-0.4, -0.2) is 6.04 Å². The van der Waals surface area contributed by atoms with Gasteiger partial charge in [0.05, 0.1) is 0 Å². The van der Waals surface area contributed by atoms with Crippen LogP contribution in [0.2, 0.25) is 0 Å². The first kappa shape index (κ1) is 12.2. The Bertz CT molecular complexity index is 550. The van der Waals surface area contributed by atoms with Crippen LogP contribution in [0.15, 0.2) is 54.6 Å². The highest BCUT2D eigenvalue weighted by Gasteiger charge is 2.40. The van der Waals surface area contributed by atoms with Gasteiger partial charge in [0.1, 0.15) is 11.5 Å². The van der Waals surface area contributed by atoms with Crippen LogP contribution < -0.4 is 10.5 Å². The summed E-state index contributed by atoms with van der Waals surface area (Å²) in [5.41, 5.74) is 7.30. The Morgan fingerprint density at radius 1 is 1.05 bits per heavy atom. The Labute approximate surface area is 114 Å². The molecular formula is C17H19NO. The molecule has 1 aliphatic carbocycles. The summed E-state index contributed by atoms with van der Waals surface area (Å²) in [5.74, 6) is 3.02. The van der Waals surface area contributed by atoms with Gasteiger partial charge in [0.15, 0.2) is 0 Å². The van der Waals surface area contributed by atoms with Crippen LogP contribution in [-0.2, 0) is 0 Å². The van der Waals surface area contributed by atoms with E-state index in [4.69, 9.17) is 10.5 Å². The van der Waals surface area contributed by atoms with Crippen LogP contribution in [0.4, 0.5) is 0 Å². The fourth-order valence-corrected chi connectivity index (χ4v) is 2.61. The topological polar surface area (TPSA) is 35.2 Å². The van der Waals surface area contributed by atoms with Crippen molar-refractivity contribution in [3.05, 3.63) is 60.2 Å². The molecule has 2 aromatic rings. The second kappa shape index (κ2) is 5.06. The average Bonchev–Trinajstić information content (AvgIpc) is 3.20. The minimum absolute atomic E-state index is 0.281. The van der Waals surface area contributed by atoms with Crippen molar-refractivity contribution in [1.82, 2.24) is 0 Å². The molecule has 0 bridgehead atoms. The van der Waals surface area contributed by atoms with Crippen molar-refractivity contribution >= 4 is 0 Å². The zero-order chi connectivity index (χ0) is 13.2. The molecule has 1 saturated carbocycles. The average molecular weight is 253 g/mol. The van der Waals surface area contributed by atoms with Gasteiger partial charge in [0, 0.05) is 6.04 Å². The van der Waals surface area contributed by atoms with Crippen molar-refractivity contribution < 1.29 is 4.74 Å². The summed E-state index contributed by atoms with van der Waals surface area (Å²) >= 11 is 0. The van der Waals surface area contributed by atoms with Crippen molar-refractivity contribution in [3.8, 4) is 11.5 Å². The fraction of sp³-hybridized carbons (Fsp3) is 0.294. The van der Waals surface area contributed by atoms with Crippen molar-refractivity contribution in [2.75, 3.05) is 0 Å². The standard InChI is InChI=1S/C17H19NO/c1-12(18)16-11-17(16)13-6-5-9-15(10-13)19-14-7-3-2-4-8-14/h2-10,12,16-17H,11,18H2,1H3. The maximum atomic E-state index is 5.96. The molecule has 0 aliphatic heterocycles. The van der Waals surface area contributed by atoms with E-state index < -0.39 is 0 Å². The highest BCUT2D eigenvalue weighted by atomic mass is 16.5. The Kier molecular flexibility index (Phi) is 3.26. The summed E-state index contributed by atoms with van der Waals surface area (Å²) in [5, 5.41) is 0. The summed E-state index contributed by atoms with van der Waals surface area (Å²) in [4.78, 5) is 0. The van der Waals surface area contributed by atoms with Gasteiger partial charge in [-0.2, -0.15) is 0 Å². The van der Waals surface area contributed by atoms with Gasteiger partial charge < -0.3 is 10.5 Å². The first-order valence-corrected chi connectivity index (χ1v) is 6.82. The lowest BCUT2D eigenvalue weighted by molar-refractivity contribution is 0.481. The van der Waals surface area contributed by atoms with Crippen molar-refractivity contribution in [1.29, 1.82) is 0 Å². The normalized spacial score (nSPS) is 22.8. The number of benzene rings is 2. The lowest BCUT2D eigenvalue weighted by Crippen LogP contribution is -2.17. The second-order valence-electron chi connectivity index (χ2n) is 5.35. The molecule has 2 nitrogen and oxygen atoms in total. The van der Waals surface area contributed by atoms with Crippen LogP contribution in [0, 0.1) is 5.92 Å². The molecule has 0 saturated heterocycles. The molecule has 2 N–H and O–H groups in total. The summed E-state index contributed by atoms with van der Waals surface area (Å²) < 4.78 is 5.86. The van der Waals surface area contributed by atoms with Gasteiger partial charge in [0.2, 0.25) is 0 Å². The SMILES string of the molecule is CC(N)C1CC1c1cccc(Oc2ccccc2)c1. The van der Waals surface area contributed by atoms with E-state index in [9.17, 15) is 0 Å². The van der Waals surface area contributed by atoms with Crippen LogP contribution >= 0.6 is 0 Å². The van der Waals surface area contributed by atoms with E-state index in [1.807, 2.05) is 36.4 Å². The minimum atomic E-state index is 0.281. The predicted molar refractivity (Wildman–Crippen MR) is 77.5 cm³/mol. The Balaban J connectivity index is 1.74. The highest BCUT2D eigenvalue weighted by molar-refractivity contribution is 5.37. The maximum absolute atomic E-state index is 5.96. The summed E-state index contributed by atoms with van der Waals surface area (Å²) in [6, 6.07) is 18.5. The molecule has 0 aromatic heterocycles. The van der Waals surface area contributed by atoms with Gasteiger partial charge in [0.25, 0.3) is 0 Å². The Morgan fingerprint density at radius 3 is 2.47 bits per heavy atom. The quantitative estimate of drug-likeness (QED) is 0.896. The molecule has 2 aromatic carbocycles. The van der Waals surface area contributed by atoms with Crippen LogP contribution in [0.3, 0.4) is 0 Å². The predicted octanol–water partition coefficient (Wildman–Crippen LogP) is 3.93. The first-order valence-electron chi connectivity index (χ1n) is 6.82. The number of nitrogens with two attached hydrogens (primary N) is 1. The molecule has 3 rings (SSSR count). The monoisotopic (exact) mass is 253 g/mol. The summed E-state index contributed by atoms with van der Waals surface area (Å²) in [6.07, 6.45) is 1.20. The zero-order valence-corrected chi connectivity index (χ0v) is 11.1. The number of hydrogen-bond acceptors (Lipinski definition) is 2. The van der Waals surface area contributed by atoms with E-state index in [2.05, 4.69) is 25.1 Å². The third-order valence-corrected chi connectivity index (χ3v) is 3.78. The van der Waals surface area contributed by atoms with Crippen LogP contribution in [0.5, 0.6) is 11.5 Å². The highest BCUT2D eigenvalue weighted by Crippen LogP contribution is 2.49. The molecule has 3 unspecified atom stereocenters.